The monoisotopic (exact) mass is 392 g/mol. The molecule has 0 saturated carbocycles. The average molecular weight is 392 g/mol. The van der Waals surface area contributed by atoms with Crippen LogP contribution in [0.4, 0.5) is 26.7 Å². The molecule has 0 aromatic carbocycles. The third kappa shape index (κ3) is 8.63. The Morgan fingerprint density at radius 2 is 1.65 bits per heavy atom. The number of nitrogens with one attached hydrogen (secondary N) is 1. The molecule has 0 fully saturated rings. The summed E-state index contributed by atoms with van der Waals surface area (Å²) in [5, 5.41) is 12.4. The van der Waals surface area contributed by atoms with Crippen molar-refractivity contribution in [1.82, 2.24) is 5.32 Å². The fourth-order valence-electron chi connectivity index (χ4n) is 1.96. The molecule has 2 atom stereocenters. The molecule has 0 aromatic heterocycles. The number of hydrogen-bond acceptors (Lipinski definition) is 4. The predicted molar refractivity (Wildman–Crippen MR) is 80.1 cm³/mol. The summed E-state index contributed by atoms with van der Waals surface area (Å²) in [5.74, 6) is -9.85. The van der Waals surface area contributed by atoms with Crippen LogP contribution < -0.4 is 10.4 Å². The highest BCUT2D eigenvalue weighted by molar-refractivity contribution is 5.67. The zero-order valence-electron chi connectivity index (χ0n) is 15.2. The van der Waals surface area contributed by atoms with Crippen molar-refractivity contribution in [3.8, 4) is 0 Å². The standard InChI is InChI=1S/C15H25F5N2O4/c1-10(14(16,17)11(2)15(18,19)20)9-21-13(25)26-8-7-22(3,4)6-5-12(23)24/h10-11H,5-9H2,1-4H3,(H-,21,23,24,25). The van der Waals surface area contributed by atoms with Crippen LogP contribution >= 0.6 is 0 Å². The number of rotatable bonds is 10. The van der Waals surface area contributed by atoms with E-state index >= 15 is 0 Å². The molecule has 2 unspecified atom stereocenters. The Kier molecular flexibility index (Phi) is 8.74. The number of likely N-dealkylation sites (N-methyl/N-ethyl adjacent to an activating group) is 1. The lowest BCUT2D eigenvalue weighted by molar-refractivity contribution is -0.890. The highest BCUT2D eigenvalue weighted by Crippen LogP contribution is 2.41. The topological polar surface area (TPSA) is 78.5 Å². The number of amides is 1. The highest BCUT2D eigenvalue weighted by atomic mass is 19.4. The van der Waals surface area contributed by atoms with Crippen molar-refractivity contribution < 1.29 is 45.9 Å². The second kappa shape index (κ2) is 9.33. The zero-order chi connectivity index (χ0) is 20.8. The number of carboxylic acid groups (broad SMARTS) is 1. The second-order valence-corrected chi connectivity index (χ2v) is 6.86. The third-order valence-electron chi connectivity index (χ3n) is 4.13. The first kappa shape index (κ1) is 24.4. The molecule has 0 bridgehead atoms. The summed E-state index contributed by atoms with van der Waals surface area (Å²) in [6.45, 7) is 0.998. The van der Waals surface area contributed by atoms with Gasteiger partial charge >= 0.3 is 12.3 Å². The van der Waals surface area contributed by atoms with Gasteiger partial charge in [0.25, 0.3) is 5.92 Å². The lowest BCUT2D eigenvalue weighted by atomic mass is 9.91. The molecule has 1 N–H and O–H groups in total. The largest absolute Gasteiger partial charge is 0.550 e. The molecule has 0 heterocycles. The fraction of sp³-hybridized carbons (Fsp3) is 0.867. The van der Waals surface area contributed by atoms with Crippen LogP contribution in [0.3, 0.4) is 0 Å². The van der Waals surface area contributed by atoms with Crippen LogP contribution in [0.25, 0.3) is 0 Å². The van der Waals surface area contributed by atoms with Crippen molar-refractivity contribution in [3.05, 3.63) is 0 Å². The van der Waals surface area contributed by atoms with Crippen LogP contribution in [0.15, 0.2) is 0 Å². The maximum Gasteiger partial charge on any atom is 0.407 e. The summed E-state index contributed by atoms with van der Waals surface area (Å²) in [6, 6.07) is 0. The van der Waals surface area contributed by atoms with Gasteiger partial charge < -0.3 is 24.4 Å². The Bertz CT molecular complexity index is 483. The van der Waals surface area contributed by atoms with Crippen LogP contribution in [0.2, 0.25) is 0 Å². The summed E-state index contributed by atoms with van der Waals surface area (Å²) in [5.41, 5.74) is 0. The lowest BCUT2D eigenvalue weighted by Crippen LogP contribution is -2.47. The van der Waals surface area contributed by atoms with Crippen LogP contribution in [0.1, 0.15) is 20.3 Å². The SMILES string of the molecule is CC(CNC(=O)OCC[N+](C)(C)CCC(=O)[O-])C(F)(F)C(C)C(F)(F)F. The van der Waals surface area contributed by atoms with Crippen LogP contribution in [-0.2, 0) is 9.53 Å². The average Bonchev–Trinajstić information content (AvgIpc) is 2.48. The summed E-state index contributed by atoms with van der Waals surface area (Å²) in [6.07, 6.45) is -6.26. The van der Waals surface area contributed by atoms with Gasteiger partial charge in [-0.2, -0.15) is 13.2 Å². The van der Waals surface area contributed by atoms with Crippen molar-refractivity contribution >= 4 is 12.1 Å². The minimum absolute atomic E-state index is 0.115. The molecule has 0 aliphatic rings. The lowest BCUT2D eigenvalue weighted by Gasteiger charge is -2.31. The van der Waals surface area contributed by atoms with Crippen molar-refractivity contribution in [2.45, 2.75) is 32.4 Å². The van der Waals surface area contributed by atoms with Gasteiger partial charge in [-0.25, -0.2) is 13.6 Å². The Morgan fingerprint density at radius 3 is 2.12 bits per heavy atom. The fourth-order valence-corrected chi connectivity index (χ4v) is 1.96. The van der Waals surface area contributed by atoms with Crippen molar-refractivity contribution in [3.63, 3.8) is 0 Å². The zero-order valence-corrected chi connectivity index (χ0v) is 15.2. The number of halogens is 5. The molecule has 0 aliphatic carbocycles. The molecule has 0 saturated heterocycles. The molecule has 1 amide bonds. The smallest absolute Gasteiger partial charge is 0.407 e. The molecule has 6 nitrogen and oxygen atoms in total. The van der Waals surface area contributed by atoms with E-state index in [-0.39, 0.29) is 30.6 Å². The number of quaternary nitrogens is 1. The van der Waals surface area contributed by atoms with Gasteiger partial charge in [-0.05, 0) is 6.92 Å². The van der Waals surface area contributed by atoms with Gasteiger partial charge in [0.2, 0.25) is 0 Å². The van der Waals surface area contributed by atoms with Gasteiger partial charge in [-0.1, -0.05) is 6.92 Å². The van der Waals surface area contributed by atoms with Gasteiger partial charge in [0.1, 0.15) is 19.1 Å². The number of nitrogens with zero attached hydrogens (tertiary/aromatic N) is 1. The van der Waals surface area contributed by atoms with Gasteiger partial charge in [0.05, 0.1) is 20.6 Å². The maximum atomic E-state index is 13.7. The highest BCUT2D eigenvalue weighted by Gasteiger charge is 2.55. The van der Waals surface area contributed by atoms with E-state index in [1.165, 1.54) is 0 Å². The van der Waals surface area contributed by atoms with Crippen LogP contribution in [-0.4, -0.2) is 69.0 Å². The number of alkyl halides is 5. The van der Waals surface area contributed by atoms with Gasteiger partial charge in [0.15, 0.2) is 0 Å². The Hall–Kier alpha value is -1.65. The molecule has 0 spiro atoms. The molecule has 154 valence electrons. The summed E-state index contributed by atoms with van der Waals surface area (Å²) < 4.78 is 69.9. The van der Waals surface area contributed by atoms with Crippen molar-refractivity contribution in [1.29, 1.82) is 0 Å². The van der Waals surface area contributed by atoms with E-state index < -0.39 is 42.5 Å². The normalized spacial score (nSPS) is 15.3. The molecule has 0 radical (unpaired) electrons. The van der Waals surface area contributed by atoms with Crippen molar-refractivity contribution in [2.75, 3.05) is 40.3 Å². The third-order valence-corrected chi connectivity index (χ3v) is 4.13. The van der Waals surface area contributed by atoms with Gasteiger partial charge in [0, 0.05) is 24.9 Å². The molecule has 26 heavy (non-hydrogen) atoms. The second-order valence-electron chi connectivity index (χ2n) is 6.86. The van der Waals surface area contributed by atoms with E-state index in [2.05, 4.69) is 0 Å². The molecule has 0 aromatic rings. The number of alkyl carbamates (subject to hydrolysis) is 1. The number of aliphatic carboxylic acids is 1. The van der Waals surface area contributed by atoms with Crippen LogP contribution in [0, 0.1) is 11.8 Å². The Balaban J connectivity index is 4.32. The van der Waals surface area contributed by atoms with E-state index in [4.69, 9.17) is 4.74 Å². The van der Waals surface area contributed by atoms with E-state index in [1.54, 1.807) is 14.1 Å². The Morgan fingerprint density at radius 1 is 1.12 bits per heavy atom. The molecule has 11 heteroatoms. The van der Waals surface area contributed by atoms with Gasteiger partial charge in [-0.3, -0.25) is 0 Å². The minimum Gasteiger partial charge on any atom is -0.550 e. The molecule has 0 rings (SSSR count). The van der Waals surface area contributed by atoms with E-state index in [0.29, 0.717) is 6.92 Å². The number of carboxylic acids is 1. The number of carbonyl (C=O) groups excluding carboxylic acids is 2. The summed E-state index contributed by atoms with van der Waals surface area (Å²) in [7, 11) is 3.40. The first-order chi connectivity index (χ1) is 11.6. The van der Waals surface area contributed by atoms with E-state index in [0.717, 1.165) is 6.92 Å². The predicted octanol–water partition coefficient (Wildman–Crippen LogP) is 1.40. The summed E-state index contributed by atoms with van der Waals surface area (Å²) >= 11 is 0. The quantitative estimate of drug-likeness (QED) is 0.450. The number of ether oxygens (including phenoxy) is 1. The number of carbonyl (C=O) groups is 2. The first-order valence-electron chi connectivity index (χ1n) is 7.96. The molecular weight excluding hydrogens is 367 g/mol. The van der Waals surface area contributed by atoms with E-state index in [9.17, 15) is 36.6 Å². The minimum atomic E-state index is -5.05. The molecular formula is C15H25F5N2O4. The van der Waals surface area contributed by atoms with Gasteiger partial charge in [-0.15, -0.1) is 0 Å². The van der Waals surface area contributed by atoms with Crippen molar-refractivity contribution in [2.24, 2.45) is 11.8 Å². The first-order valence-corrected chi connectivity index (χ1v) is 7.96. The Labute approximate surface area is 148 Å². The van der Waals surface area contributed by atoms with E-state index in [1.807, 2.05) is 5.32 Å². The number of hydrogen-bond donors (Lipinski definition) is 1. The summed E-state index contributed by atoms with van der Waals surface area (Å²) in [4.78, 5) is 21.9. The maximum absolute atomic E-state index is 13.7. The van der Waals surface area contributed by atoms with Crippen LogP contribution in [0.5, 0.6) is 0 Å². The molecule has 0 aliphatic heterocycles.